The third-order valence-corrected chi connectivity index (χ3v) is 3.99. The number of Topliss-reactive ketones (excluding diaryl/α,β-unsaturated/α-hetero) is 1. The Morgan fingerprint density at radius 2 is 2.00 bits per heavy atom. The largest absolute Gasteiger partial charge is 0.454 e. The fourth-order valence-electron chi connectivity index (χ4n) is 2.28. The first-order valence-corrected chi connectivity index (χ1v) is 7.76. The number of nitrogens with zero attached hydrogens (tertiary/aromatic N) is 1. The molecule has 0 aromatic carbocycles. The summed E-state index contributed by atoms with van der Waals surface area (Å²) >= 11 is 1.25. The van der Waals surface area contributed by atoms with Gasteiger partial charge in [0.1, 0.15) is 12.3 Å². The summed E-state index contributed by atoms with van der Waals surface area (Å²) in [5.41, 5.74) is 2.55. The molecule has 8 heteroatoms. The minimum atomic E-state index is -0.549. The molecule has 0 fully saturated rings. The van der Waals surface area contributed by atoms with Crippen molar-refractivity contribution in [1.82, 2.24) is 9.97 Å². The fourth-order valence-corrected chi connectivity index (χ4v) is 3.02. The van der Waals surface area contributed by atoms with Gasteiger partial charge < -0.3 is 15.0 Å². The Kier molecular flexibility index (Phi) is 4.95. The van der Waals surface area contributed by atoms with Crippen molar-refractivity contribution in [2.24, 2.45) is 0 Å². The normalized spacial score (nSPS) is 10.4. The van der Waals surface area contributed by atoms with E-state index in [1.807, 2.05) is 0 Å². The Balaban J connectivity index is 2.05. The average molecular weight is 335 g/mol. The molecule has 2 rings (SSSR count). The molecule has 0 spiro atoms. The molecule has 122 valence electrons. The molecule has 0 bridgehead atoms. The highest BCUT2D eigenvalue weighted by molar-refractivity contribution is 7.13. The summed E-state index contributed by atoms with van der Waals surface area (Å²) in [6.07, 6.45) is 0. The van der Waals surface area contributed by atoms with E-state index < -0.39 is 5.97 Å². The summed E-state index contributed by atoms with van der Waals surface area (Å²) in [4.78, 5) is 41.7. The first kappa shape index (κ1) is 16.9. The molecule has 2 aromatic rings. The maximum atomic E-state index is 12.2. The van der Waals surface area contributed by atoms with Crippen LogP contribution in [0.2, 0.25) is 0 Å². The lowest BCUT2D eigenvalue weighted by molar-refractivity contribution is -0.114. The number of amides is 1. The number of carbonyl (C=O) groups is 3. The molecular formula is C15H17N3O4S. The predicted molar refractivity (Wildman–Crippen MR) is 85.8 cm³/mol. The van der Waals surface area contributed by atoms with Crippen LogP contribution < -0.4 is 5.32 Å². The van der Waals surface area contributed by atoms with Crippen LogP contribution in [0.3, 0.4) is 0 Å². The lowest BCUT2D eigenvalue weighted by Gasteiger charge is -2.02. The van der Waals surface area contributed by atoms with Crippen LogP contribution in [0.5, 0.6) is 0 Å². The maximum absolute atomic E-state index is 12.2. The van der Waals surface area contributed by atoms with Gasteiger partial charge in [-0.15, -0.1) is 11.3 Å². The molecule has 0 atom stereocenters. The molecular weight excluding hydrogens is 318 g/mol. The summed E-state index contributed by atoms with van der Waals surface area (Å²) in [6, 6.07) is 0. The zero-order valence-corrected chi connectivity index (χ0v) is 14.1. The molecule has 2 aromatic heterocycles. The number of hydrogen-bond acceptors (Lipinski definition) is 6. The van der Waals surface area contributed by atoms with Crippen LogP contribution >= 0.6 is 11.3 Å². The van der Waals surface area contributed by atoms with E-state index in [1.54, 1.807) is 19.2 Å². The van der Waals surface area contributed by atoms with Crippen molar-refractivity contribution < 1.29 is 19.1 Å². The van der Waals surface area contributed by atoms with Crippen molar-refractivity contribution >= 4 is 34.1 Å². The topological polar surface area (TPSA) is 101 Å². The molecule has 0 aliphatic rings. The zero-order valence-electron chi connectivity index (χ0n) is 13.3. The number of ether oxygens (including phenoxy) is 1. The van der Waals surface area contributed by atoms with Gasteiger partial charge in [-0.2, -0.15) is 0 Å². The SMILES string of the molecule is CC(=O)Nc1nc(COC(=O)c2[nH]c(C)c(C(C)=O)c2C)cs1. The quantitative estimate of drug-likeness (QED) is 0.646. The van der Waals surface area contributed by atoms with E-state index in [4.69, 9.17) is 4.74 Å². The van der Waals surface area contributed by atoms with Crippen LogP contribution in [0.15, 0.2) is 5.38 Å². The second-order valence-corrected chi connectivity index (χ2v) is 5.94. The number of rotatable bonds is 5. The Bertz CT molecular complexity index is 776. The lowest BCUT2D eigenvalue weighted by Crippen LogP contribution is -2.08. The van der Waals surface area contributed by atoms with Gasteiger partial charge in [-0.1, -0.05) is 0 Å². The molecule has 7 nitrogen and oxygen atoms in total. The number of aryl methyl sites for hydroxylation is 1. The van der Waals surface area contributed by atoms with Gasteiger partial charge in [0.05, 0.1) is 5.69 Å². The number of ketones is 1. The summed E-state index contributed by atoms with van der Waals surface area (Å²) in [7, 11) is 0. The van der Waals surface area contributed by atoms with Gasteiger partial charge in [0.15, 0.2) is 10.9 Å². The molecule has 2 N–H and O–H groups in total. The smallest absolute Gasteiger partial charge is 0.355 e. The van der Waals surface area contributed by atoms with Crippen molar-refractivity contribution in [2.45, 2.75) is 34.3 Å². The Labute approximate surface area is 137 Å². The summed E-state index contributed by atoms with van der Waals surface area (Å²) in [5.74, 6) is -0.862. The van der Waals surface area contributed by atoms with E-state index in [-0.39, 0.29) is 24.0 Å². The van der Waals surface area contributed by atoms with Gasteiger partial charge in [0, 0.05) is 23.6 Å². The first-order valence-electron chi connectivity index (χ1n) is 6.88. The van der Waals surface area contributed by atoms with Crippen molar-refractivity contribution in [3.8, 4) is 0 Å². The summed E-state index contributed by atoms with van der Waals surface area (Å²) in [6.45, 7) is 6.28. The molecule has 2 heterocycles. The Morgan fingerprint density at radius 1 is 1.30 bits per heavy atom. The maximum Gasteiger partial charge on any atom is 0.355 e. The van der Waals surface area contributed by atoms with Gasteiger partial charge >= 0.3 is 5.97 Å². The van der Waals surface area contributed by atoms with Gasteiger partial charge in [-0.3, -0.25) is 9.59 Å². The van der Waals surface area contributed by atoms with Crippen molar-refractivity contribution in [3.63, 3.8) is 0 Å². The molecule has 0 aliphatic carbocycles. The number of carbonyl (C=O) groups excluding carboxylic acids is 3. The number of aromatic amines is 1. The van der Waals surface area contributed by atoms with Crippen molar-refractivity contribution in [3.05, 3.63) is 33.6 Å². The molecule has 1 amide bonds. The van der Waals surface area contributed by atoms with Crippen molar-refractivity contribution in [2.75, 3.05) is 5.32 Å². The van der Waals surface area contributed by atoms with Gasteiger partial charge in [-0.25, -0.2) is 9.78 Å². The number of aromatic nitrogens is 2. The summed E-state index contributed by atoms with van der Waals surface area (Å²) < 4.78 is 5.21. The fraction of sp³-hybridized carbons (Fsp3) is 0.333. The average Bonchev–Trinajstić information content (AvgIpc) is 2.99. The minimum Gasteiger partial charge on any atom is -0.454 e. The van der Waals surface area contributed by atoms with Gasteiger partial charge in [0.25, 0.3) is 0 Å². The van der Waals surface area contributed by atoms with E-state index in [0.29, 0.717) is 27.6 Å². The third kappa shape index (κ3) is 3.84. The molecule has 0 aliphatic heterocycles. The van der Waals surface area contributed by atoms with Crippen LogP contribution in [0.1, 0.15) is 51.6 Å². The van der Waals surface area contributed by atoms with Crippen LogP contribution in [0.25, 0.3) is 0 Å². The summed E-state index contributed by atoms with van der Waals surface area (Å²) in [5, 5.41) is 4.72. The number of thiazole rings is 1. The van der Waals surface area contributed by atoms with Crippen LogP contribution in [-0.4, -0.2) is 27.6 Å². The number of esters is 1. The monoisotopic (exact) mass is 335 g/mol. The standard InChI is InChI=1S/C15H17N3O4S/c1-7-12(9(3)19)8(2)16-13(7)14(21)22-5-11-6-23-15(18-11)17-10(4)20/h6,16H,5H2,1-4H3,(H,17,18,20). The number of H-pyrrole nitrogens is 1. The molecule has 0 radical (unpaired) electrons. The zero-order chi connectivity index (χ0) is 17.1. The second-order valence-electron chi connectivity index (χ2n) is 5.08. The van der Waals surface area contributed by atoms with Crippen LogP contribution in [-0.2, 0) is 16.1 Å². The highest BCUT2D eigenvalue weighted by Crippen LogP contribution is 2.20. The van der Waals surface area contributed by atoms with E-state index in [2.05, 4.69) is 15.3 Å². The van der Waals surface area contributed by atoms with Crippen LogP contribution in [0, 0.1) is 13.8 Å². The second kappa shape index (κ2) is 6.74. The molecule has 0 saturated carbocycles. The van der Waals surface area contributed by atoms with E-state index in [0.717, 1.165) is 0 Å². The van der Waals surface area contributed by atoms with Crippen molar-refractivity contribution in [1.29, 1.82) is 0 Å². The predicted octanol–water partition coefficient (Wildman–Crippen LogP) is 2.61. The molecule has 0 saturated heterocycles. The van der Waals surface area contributed by atoms with E-state index >= 15 is 0 Å². The highest BCUT2D eigenvalue weighted by Gasteiger charge is 2.21. The number of nitrogens with one attached hydrogen (secondary N) is 2. The van der Waals surface area contributed by atoms with E-state index in [9.17, 15) is 14.4 Å². The van der Waals surface area contributed by atoms with E-state index in [1.165, 1.54) is 25.2 Å². The molecule has 23 heavy (non-hydrogen) atoms. The first-order chi connectivity index (χ1) is 10.8. The number of hydrogen-bond donors (Lipinski definition) is 2. The molecule has 0 unspecified atom stereocenters. The minimum absolute atomic E-state index is 0.0121. The third-order valence-electron chi connectivity index (χ3n) is 3.18. The van der Waals surface area contributed by atoms with Gasteiger partial charge in [-0.05, 0) is 26.3 Å². The van der Waals surface area contributed by atoms with Gasteiger partial charge in [0.2, 0.25) is 5.91 Å². The Morgan fingerprint density at radius 3 is 2.57 bits per heavy atom. The number of anilines is 1. The lowest BCUT2D eigenvalue weighted by atomic mass is 10.1. The Hall–Kier alpha value is -2.48. The van der Waals surface area contributed by atoms with Crippen LogP contribution in [0.4, 0.5) is 5.13 Å². The highest BCUT2D eigenvalue weighted by atomic mass is 32.1.